The number of aliphatic hydroxyl groups is 1. The van der Waals surface area contributed by atoms with Gasteiger partial charge < -0.3 is 20.2 Å². The highest BCUT2D eigenvalue weighted by atomic mass is 16.3. The first kappa shape index (κ1) is 17.3. The summed E-state index contributed by atoms with van der Waals surface area (Å²) in [5.41, 5.74) is 3.39. The van der Waals surface area contributed by atoms with Gasteiger partial charge >= 0.3 is 6.03 Å². The molecular weight excluding hydrogens is 266 g/mol. The zero-order valence-corrected chi connectivity index (χ0v) is 13.5. The number of aryl methyl sites for hydroxylation is 1. The molecule has 118 valence electrons. The number of urea groups is 1. The van der Waals surface area contributed by atoms with Gasteiger partial charge in [0, 0.05) is 39.4 Å². The molecule has 5 heteroatoms. The Morgan fingerprint density at radius 3 is 2.57 bits per heavy atom. The highest BCUT2D eigenvalue weighted by molar-refractivity contribution is 5.74. The van der Waals surface area contributed by atoms with Gasteiger partial charge in [0.05, 0.1) is 6.61 Å². The zero-order chi connectivity index (χ0) is 15.8. The van der Waals surface area contributed by atoms with Crippen LogP contribution >= 0.6 is 0 Å². The second kappa shape index (κ2) is 8.52. The molecule has 2 amide bonds. The van der Waals surface area contributed by atoms with E-state index in [4.69, 9.17) is 5.11 Å². The fraction of sp³-hybridized carbons (Fsp3) is 0.562. The van der Waals surface area contributed by atoms with E-state index in [1.807, 2.05) is 38.1 Å². The molecule has 0 aliphatic rings. The number of amides is 2. The summed E-state index contributed by atoms with van der Waals surface area (Å²) in [4.78, 5) is 15.8. The van der Waals surface area contributed by atoms with Gasteiger partial charge in [-0.1, -0.05) is 19.1 Å². The van der Waals surface area contributed by atoms with Crippen LogP contribution in [0.25, 0.3) is 0 Å². The topological polar surface area (TPSA) is 55.8 Å². The van der Waals surface area contributed by atoms with Crippen LogP contribution in [0.4, 0.5) is 10.5 Å². The van der Waals surface area contributed by atoms with Crippen LogP contribution in [0.1, 0.15) is 24.5 Å². The molecule has 0 bridgehead atoms. The number of benzene rings is 1. The van der Waals surface area contributed by atoms with Crippen molar-refractivity contribution in [2.24, 2.45) is 0 Å². The van der Waals surface area contributed by atoms with E-state index in [9.17, 15) is 4.79 Å². The van der Waals surface area contributed by atoms with Crippen LogP contribution in [-0.4, -0.2) is 49.8 Å². The highest BCUT2D eigenvalue weighted by Gasteiger charge is 2.12. The predicted molar refractivity (Wildman–Crippen MR) is 86.7 cm³/mol. The molecular formula is C16H27N3O2. The summed E-state index contributed by atoms with van der Waals surface area (Å²) >= 11 is 0. The molecule has 0 atom stereocenters. The van der Waals surface area contributed by atoms with E-state index in [0.717, 1.165) is 17.7 Å². The SMILES string of the molecule is CCCN(CCO)C(=O)NCc1ccc(C)cc1N(C)C. The lowest BCUT2D eigenvalue weighted by Crippen LogP contribution is -2.41. The van der Waals surface area contributed by atoms with Crippen LogP contribution < -0.4 is 10.2 Å². The largest absolute Gasteiger partial charge is 0.395 e. The summed E-state index contributed by atoms with van der Waals surface area (Å²) in [6.07, 6.45) is 0.876. The normalized spacial score (nSPS) is 10.3. The minimum atomic E-state index is -0.129. The quantitative estimate of drug-likeness (QED) is 0.808. The number of aliphatic hydroxyl groups excluding tert-OH is 1. The van der Waals surface area contributed by atoms with E-state index >= 15 is 0 Å². The van der Waals surface area contributed by atoms with Gasteiger partial charge in [-0.3, -0.25) is 0 Å². The van der Waals surface area contributed by atoms with E-state index in [-0.39, 0.29) is 12.6 Å². The molecule has 0 aliphatic heterocycles. The van der Waals surface area contributed by atoms with Crippen molar-refractivity contribution in [3.05, 3.63) is 29.3 Å². The van der Waals surface area contributed by atoms with Crippen molar-refractivity contribution in [3.8, 4) is 0 Å². The Bertz CT molecular complexity index is 455. The number of nitrogens with zero attached hydrogens (tertiary/aromatic N) is 2. The molecule has 2 N–H and O–H groups in total. The van der Waals surface area contributed by atoms with Crippen molar-refractivity contribution in [1.29, 1.82) is 0 Å². The van der Waals surface area contributed by atoms with Gasteiger partial charge in [0.15, 0.2) is 0 Å². The minimum absolute atomic E-state index is 0.0130. The van der Waals surface area contributed by atoms with Crippen LogP contribution in [-0.2, 0) is 6.54 Å². The maximum Gasteiger partial charge on any atom is 0.317 e. The van der Waals surface area contributed by atoms with Crippen LogP contribution in [0.5, 0.6) is 0 Å². The van der Waals surface area contributed by atoms with Crippen molar-refractivity contribution in [1.82, 2.24) is 10.2 Å². The summed E-state index contributed by atoms with van der Waals surface area (Å²) in [6.45, 7) is 5.56. The van der Waals surface area contributed by atoms with Crippen LogP contribution in [0, 0.1) is 6.92 Å². The molecule has 1 rings (SSSR count). The fourth-order valence-electron chi connectivity index (χ4n) is 2.23. The lowest BCUT2D eigenvalue weighted by Gasteiger charge is -2.23. The van der Waals surface area contributed by atoms with Gasteiger partial charge in [-0.15, -0.1) is 0 Å². The Kier molecular flexibility index (Phi) is 7.02. The second-order valence-electron chi connectivity index (χ2n) is 5.40. The third-order valence-corrected chi connectivity index (χ3v) is 3.30. The number of hydrogen-bond donors (Lipinski definition) is 2. The third-order valence-electron chi connectivity index (χ3n) is 3.30. The van der Waals surface area contributed by atoms with Crippen molar-refractivity contribution in [3.63, 3.8) is 0 Å². The van der Waals surface area contributed by atoms with Gasteiger partial charge in [-0.25, -0.2) is 4.79 Å². The molecule has 0 unspecified atom stereocenters. The van der Waals surface area contributed by atoms with Crippen LogP contribution in [0.3, 0.4) is 0 Å². The lowest BCUT2D eigenvalue weighted by atomic mass is 10.1. The number of hydrogen-bond acceptors (Lipinski definition) is 3. The maximum atomic E-state index is 12.1. The number of rotatable bonds is 7. The maximum absolute atomic E-state index is 12.1. The van der Waals surface area contributed by atoms with E-state index in [2.05, 4.69) is 18.3 Å². The lowest BCUT2D eigenvalue weighted by molar-refractivity contribution is 0.177. The predicted octanol–water partition coefficient (Wildman–Crippen LogP) is 1.97. The Hall–Kier alpha value is -1.75. The summed E-state index contributed by atoms with van der Waals surface area (Å²) in [5, 5.41) is 11.9. The van der Waals surface area contributed by atoms with Gasteiger partial charge in [0.2, 0.25) is 0 Å². The molecule has 5 nitrogen and oxygen atoms in total. The van der Waals surface area contributed by atoms with Gasteiger partial charge in [-0.2, -0.15) is 0 Å². The fourth-order valence-corrected chi connectivity index (χ4v) is 2.23. The molecule has 0 aliphatic carbocycles. The minimum Gasteiger partial charge on any atom is -0.395 e. The summed E-state index contributed by atoms with van der Waals surface area (Å²) in [6, 6.07) is 6.07. The first-order valence-corrected chi connectivity index (χ1v) is 7.40. The van der Waals surface area contributed by atoms with Gasteiger partial charge in [-0.05, 0) is 30.5 Å². The first-order valence-electron chi connectivity index (χ1n) is 7.40. The molecule has 1 aromatic rings. The van der Waals surface area contributed by atoms with Crippen LogP contribution in [0.15, 0.2) is 18.2 Å². The highest BCUT2D eigenvalue weighted by Crippen LogP contribution is 2.20. The average Bonchev–Trinajstić information content (AvgIpc) is 2.45. The Labute approximate surface area is 127 Å². The first-order chi connectivity index (χ1) is 9.99. The summed E-state index contributed by atoms with van der Waals surface area (Å²) in [7, 11) is 3.99. The molecule has 21 heavy (non-hydrogen) atoms. The zero-order valence-electron chi connectivity index (χ0n) is 13.5. The number of anilines is 1. The van der Waals surface area contributed by atoms with Gasteiger partial charge in [0.25, 0.3) is 0 Å². The molecule has 0 spiro atoms. The standard InChI is InChI=1S/C16H27N3O2/c1-5-8-19(9-10-20)16(21)17-12-14-7-6-13(2)11-15(14)18(3)4/h6-7,11,20H,5,8-10,12H2,1-4H3,(H,17,21). The second-order valence-corrected chi connectivity index (χ2v) is 5.40. The van der Waals surface area contributed by atoms with Crippen molar-refractivity contribution in [2.75, 3.05) is 38.7 Å². The van der Waals surface area contributed by atoms with Crippen molar-refractivity contribution < 1.29 is 9.90 Å². The van der Waals surface area contributed by atoms with E-state index in [1.54, 1.807) is 4.90 Å². The number of carbonyl (C=O) groups excluding carboxylic acids is 1. The van der Waals surface area contributed by atoms with Gasteiger partial charge in [0.1, 0.15) is 0 Å². The molecule has 0 saturated carbocycles. The molecule has 0 fully saturated rings. The number of carbonyl (C=O) groups is 1. The smallest absolute Gasteiger partial charge is 0.317 e. The molecule has 1 aromatic carbocycles. The summed E-state index contributed by atoms with van der Waals surface area (Å²) < 4.78 is 0. The third kappa shape index (κ3) is 5.27. The molecule has 0 saturated heterocycles. The monoisotopic (exact) mass is 293 g/mol. The van der Waals surface area contributed by atoms with E-state index < -0.39 is 0 Å². The van der Waals surface area contributed by atoms with Crippen LogP contribution in [0.2, 0.25) is 0 Å². The Morgan fingerprint density at radius 1 is 1.29 bits per heavy atom. The Morgan fingerprint density at radius 2 is 2.00 bits per heavy atom. The number of nitrogens with one attached hydrogen (secondary N) is 1. The molecule has 0 heterocycles. The van der Waals surface area contributed by atoms with E-state index in [0.29, 0.717) is 19.6 Å². The molecule has 0 aromatic heterocycles. The van der Waals surface area contributed by atoms with Crippen molar-refractivity contribution in [2.45, 2.75) is 26.8 Å². The average molecular weight is 293 g/mol. The summed E-state index contributed by atoms with van der Waals surface area (Å²) in [5.74, 6) is 0. The Balaban J connectivity index is 2.71. The van der Waals surface area contributed by atoms with Crippen molar-refractivity contribution >= 4 is 11.7 Å². The molecule has 0 radical (unpaired) electrons. The van der Waals surface area contributed by atoms with E-state index in [1.165, 1.54) is 5.56 Å².